The number of hydrogen-bond donors (Lipinski definition) is 1. The second kappa shape index (κ2) is 6.56. The topological polar surface area (TPSA) is 59.7 Å². The molecule has 2 aromatic carbocycles. The summed E-state index contributed by atoms with van der Waals surface area (Å²) >= 11 is 7.54. The van der Waals surface area contributed by atoms with Gasteiger partial charge in [-0.15, -0.1) is 11.8 Å². The molecule has 3 aromatic rings. The van der Waals surface area contributed by atoms with Gasteiger partial charge in [0.1, 0.15) is 17.1 Å². The molecule has 0 aliphatic carbocycles. The van der Waals surface area contributed by atoms with E-state index in [-0.39, 0.29) is 10.8 Å². The molecule has 0 saturated heterocycles. The minimum Gasteiger partial charge on any atom is -0.506 e. The van der Waals surface area contributed by atoms with E-state index < -0.39 is 5.63 Å². The first-order valence-corrected chi connectivity index (χ1v) is 8.15. The number of benzene rings is 2. The Morgan fingerprint density at radius 1 is 1.22 bits per heavy atom. The van der Waals surface area contributed by atoms with Gasteiger partial charge < -0.3 is 14.3 Å². The van der Waals surface area contributed by atoms with Crippen molar-refractivity contribution in [1.29, 1.82) is 0 Å². The lowest BCUT2D eigenvalue weighted by atomic mass is 10.1. The van der Waals surface area contributed by atoms with Crippen LogP contribution in [-0.2, 0) is 5.75 Å². The molecule has 0 amide bonds. The molecular weight excluding hydrogens is 336 g/mol. The predicted molar refractivity (Wildman–Crippen MR) is 91.7 cm³/mol. The van der Waals surface area contributed by atoms with Crippen molar-refractivity contribution in [3.8, 4) is 11.5 Å². The third-order valence-electron chi connectivity index (χ3n) is 3.35. The van der Waals surface area contributed by atoms with Gasteiger partial charge in [0.15, 0.2) is 0 Å². The number of phenolic OH excluding ortho intramolecular Hbond substituents is 1. The zero-order valence-corrected chi connectivity index (χ0v) is 13.8. The SMILES string of the molecule is COc1ccc(SCc2cc(=O)oc3cc(O)c(Cl)cc23)cc1. The van der Waals surface area contributed by atoms with Gasteiger partial charge in [0.05, 0.1) is 12.1 Å². The summed E-state index contributed by atoms with van der Waals surface area (Å²) in [5, 5.41) is 10.6. The predicted octanol–water partition coefficient (Wildman–Crippen LogP) is 4.45. The fourth-order valence-electron chi connectivity index (χ4n) is 2.19. The number of ether oxygens (including phenoxy) is 1. The molecule has 0 atom stereocenters. The first-order valence-electron chi connectivity index (χ1n) is 6.79. The van der Waals surface area contributed by atoms with E-state index in [2.05, 4.69) is 0 Å². The molecule has 4 nitrogen and oxygen atoms in total. The van der Waals surface area contributed by atoms with E-state index in [1.807, 2.05) is 24.3 Å². The molecule has 1 N–H and O–H groups in total. The van der Waals surface area contributed by atoms with Crippen LogP contribution in [0, 0.1) is 0 Å². The molecule has 1 aromatic heterocycles. The lowest BCUT2D eigenvalue weighted by Gasteiger charge is -2.07. The first-order chi connectivity index (χ1) is 11.1. The van der Waals surface area contributed by atoms with E-state index in [1.54, 1.807) is 24.9 Å². The summed E-state index contributed by atoms with van der Waals surface area (Å²) in [6.07, 6.45) is 0. The maximum atomic E-state index is 11.7. The van der Waals surface area contributed by atoms with Gasteiger partial charge in [-0.2, -0.15) is 0 Å². The third-order valence-corrected chi connectivity index (χ3v) is 4.71. The van der Waals surface area contributed by atoms with Crippen LogP contribution in [0.3, 0.4) is 0 Å². The highest BCUT2D eigenvalue weighted by Crippen LogP contribution is 2.32. The molecule has 6 heteroatoms. The van der Waals surface area contributed by atoms with Gasteiger partial charge in [-0.25, -0.2) is 4.79 Å². The van der Waals surface area contributed by atoms with Crippen molar-refractivity contribution in [2.45, 2.75) is 10.6 Å². The standard InChI is InChI=1S/C17H13ClO4S/c1-21-11-2-4-12(5-3-11)23-9-10-6-17(20)22-16-8-15(19)14(18)7-13(10)16/h2-8,19H,9H2,1H3. The van der Waals surface area contributed by atoms with Gasteiger partial charge in [-0.05, 0) is 35.9 Å². The Morgan fingerprint density at radius 3 is 2.65 bits per heavy atom. The van der Waals surface area contributed by atoms with Crippen molar-refractivity contribution in [1.82, 2.24) is 0 Å². The van der Waals surface area contributed by atoms with Crippen molar-refractivity contribution in [3.63, 3.8) is 0 Å². The molecule has 1 heterocycles. The molecule has 0 saturated carbocycles. The molecule has 0 unspecified atom stereocenters. The molecule has 23 heavy (non-hydrogen) atoms. The van der Waals surface area contributed by atoms with Crippen LogP contribution in [0.2, 0.25) is 5.02 Å². The Kier molecular flexibility index (Phi) is 4.50. The Balaban J connectivity index is 1.92. The molecule has 0 aliphatic heterocycles. The van der Waals surface area contributed by atoms with Gasteiger partial charge in [-0.1, -0.05) is 11.6 Å². The number of halogens is 1. The molecule has 3 rings (SSSR count). The number of thioether (sulfide) groups is 1. The zero-order valence-electron chi connectivity index (χ0n) is 12.2. The molecule has 0 aliphatic rings. The fourth-order valence-corrected chi connectivity index (χ4v) is 3.24. The summed E-state index contributed by atoms with van der Waals surface area (Å²) in [5.41, 5.74) is 0.674. The quantitative estimate of drug-likeness (QED) is 0.557. The van der Waals surface area contributed by atoms with Gasteiger partial charge in [-0.3, -0.25) is 0 Å². The van der Waals surface area contributed by atoms with Crippen LogP contribution in [0.25, 0.3) is 11.0 Å². The van der Waals surface area contributed by atoms with Crippen LogP contribution in [0.5, 0.6) is 11.5 Å². The fraction of sp³-hybridized carbons (Fsp3) is 0.118. The molecule has 0 radical (unpaired) electrons. The van der Waals surface area contributed by atoms with E-state index in [0.717, 1.165) is 16.2 Å². The van der Waals surface area contributed by atoms with Crippen molar-refractivity contribution in [2.24, 2.45) is 0 Å². The summed E-state index contributed by atoms with van der Waals surface area (Å²) in [6, 6.07) is 12.1. The van der Waals surface area contributed by atoms with Gasteiger partial charge >= 0.3 is 5.63 Å². The Hall–Kier alpha value is -2.11. The summed E-state index contributed by atoms with van der Waals surface area (Å²) in [5.74, 6) is 1.26. The van der Waals surface area contributed by atoms with Crippen LogP contribution in [-0.4, -0.2) is 12.2 Å². The average Bonchev–Trinajstić information content (AvgIpc) is 2.55. The second-order valence-corrected chi connectivity index (χ2v) is 6.31. The second-order valence-electron chi connectivity index (χ2n) is 4.85. The van der Waals surface area contributed by atoms with E-state index in [0.29, 0.717) is 16.7 Å². The third kappa shape index (κ3) is 3.46. The highest BCUT2D eigenvalue weighted by molar-refractivity contribution is 7.98. The highest BCUT2D eigenvalue weighted by Gasteiger charge is 2.10. The van der Waals surface area contributed by atoms with E-state index >= 15 is 0 Å². The number of hydrogen-bond acceptors (Lipinski definition) is 5. The summed E-state index contributed by atoms with van der Waals surface area (Å²) < 4.78 is 10.2. The number of rotatable bonds is 4. The van der Waals surface area contributed by atoms with Gasteiger partial charge in [0.25, 0.3) is 0 Å². The Bertz CT molecular complexity index is 903. The van der Waals surface area contributed by atoms with E-state index in [4.69, 9.17) is 20.8 Å². The van der Waals surface area contributed by atoms with E-state index in [1.165, 1.54) is 12.1 Å². The maximum absolute atomic E-state index is 11.7. The van der Waals surface area contributed by atoms with Crippen LogP contribution >= 0.6 is 23.4 Å². The number of aromatic hydroxyl groups is 1. The zero-order chi connectivity index (χ0) is 16.4. The molecule has 118 valence electrons. The van der Waals surface area contributed by atoms with Gasteiger partial charge in [0, 0.05) is 28.2 Å². The number of phenols is 1. The molecular formula is C17H13ClO4S. The first kappa shape index (κ1) is 15.8. The van der Waals surface area contributed by atoms with Crippen molar-refractivity contribution in [2.75, 3.05) is 7.11 Å². The average molecular weight is 349 g/mol. The van der Waals surface area contributed by atoms with E-state index in [9.17, 15) is 9.90 Å². The number of fused-ring (bicyclic) bond motifs is 1. The number of methoxy groups -OCH3 is 1. The van der Waals surface area contributed by atoms with Crippen LogP contribution in [0.4, 0.5) is 0 Å². The van der Waals surface area contributed by atoms with Crippen molar-refractivity contribution in [3.05, 3.63) is 63.5 Å². The lowest BCUT2D eigenvalue weighted by Crippen LogP contribution is -2.00. The molecule has 0 bridgehead atoms. The summed E-state index contributed by atoms with van der Waals surface area (Å²) in [7, 11) is 1.62. The largest absolute Gasteiger partial charge is 0.506 e. The minimum absolute atomic E-state index is 0.109. The van der Waals surface area contributed by atoms with Gasteiger partial charge in [0.2, 0.25) is 0 Å². The normalized spacial score (nSPS) is 10.9. The summed E-state index contributed by atoms with van der Waals surface area (Å²) in [4.78, 5) is 12.7. The van der Waals surface area contributed by atoms with Crippen LogP contribution < -0.4 is 10.4 Å². The Morgan fingerprint density at radius 2 is 1.96 bits per heavy atom. The van der Waals surface area contributed by atoms with Crippen molar-refractivity contribution >= 4 is 34.3 Å². The summed E-state index contributed by atoms with van der Waals surface area (Å²) in [6.45, 7) is 0. The maximum Gasteiger partial charge on any atom is 0.336 e. The van der Waals surface area contributed by atoms with Crippen LogP contribution in [0.1, 0.15) is 5.56 Å². The highest BCUT2D eigenvalue weighted by atomic mass is 35.5. The lowest BCUT2D eigenvalue weighted by molar-refractivity contribution is 0.414. The Labute approximate surface area is 141 Å². The minimum atomic E-state index is -0.454. The monoisotopic (exact) mass is 348 g/mol. The van der Waals surface area contributed by atoms with Crippen LogP contribution in [0.15, 0.2) is 56.6 Å². The van der Waals surface area contributed by atoms with Crippen molar-refractivity contribution < 1.29 is 14.3 Å². The molecule has 0 fully saturated rings. The molecule has 0 spiro atoms. The smallest absolute Gasteiger partial charge is 0.336 e.